The standard InChI is InChI=1S/C25H25ClN6O5/c1-25(2,3)37-24(36)30-9-7-14-12-27-23(28-18(14)13-30)31-10-8-17-19(22(34)35)29-32(20(17)21(31)33)16-6-4-5-15(26)11-16/h4-6,11-12H,7-10,13H2,1-3H3,(H,34,35). The number of halogens is 1. The summed E-state index contributed by atoms with van der Waals surface area (Å²) in [5, 5.41) is 14.3. The Kier molecular flexibility index (Phi) is 6.10. The van der Waals surface area contributed by atoms with Crippen molar-refractivity contribution in [3.63, 3.8) is 0 Å². The zero-order valence-electron chi connectivity index (χ0n) is 20.6. The fourth-order valence-electron chi connectivity index (χ4n) is 4.42. The monoisotopic (exact) mass is 524 g/mol. The molecule has 0 spiro atoms. The third kappa shape index (κ3) is 4.74. The Bertz CT molecular complexity index is 1430. The first-order valence-electron chi connectivity index (χ1n) is 11.8. The lowest BCUT2D eigenvalue weighted by Crippen LogP contribution is -2.42. The Morgan fingerprint density at radius 1 is 1.16 bits per heavy atom. The van der Waals surface area contributed by atoms with Gasteiger partial charge in [-0.15, -0.1) is 0 Å². The van der Waals surface area contributed by atoms with E-state index >= 15 is 0 Å². The number of aromatic nitrogens is 4. The Morgan fingerprint density at radius 3 is 2.65 bits per heavy atom. The van der Waals surface area contributed by atoms with Crippen LogP contribution >= 0.6 is 11.6 Å². The van der Waals surface area contributed by atoms with Crippen molar-refractivity contribution in [2.75, 3.05) is 18.0 Å². The number of amides is 2. The van der Waals surface area contributed by atoms with Crippen LogP contribution < -0.4 is 4.90 Å². The highest BCUT2D eigenvalue weighted by atomic mass is 35.5. The molecule has 1 aromatic carbocycles. The van der Waals surface area contributed by atoms with Gasteiger partial charge in [0.1, 0.15) is 11.3 Å². The van der Waals surface area contributed by atoms with Gasteiger partial charge in [-0.1, -0.05) is 17.7 Å². The van der Waals surface area contributed by atoms with E-state index in [1.165, 1.54) is 9.58 Å². The lowest BCUT2D eigenvalue weighted by atomic mass is 10.0. The van der Waals surface area contributed by atoms with E-state index in [1.54, 1.807) is 35.4 Å². The van der Waals surface area contributed by atoms with Crippen molar-refractivity contribution in [2.45, 2.75) is 45.8 Å². The van der Waals surface area contributed by atoms with E-state index in [-0.39, 0.29) is 36.8 Å². The molecule has 192 valence electrons. The molecule has 2 aliphatic rings. The fourth-order valence-corrected chi connectivity index (χ4v) is 4.61. The lowest BCUT2D eigenvalue weighted by Gasteiger charge is -2.31. The number of aromatic carboxylic acids is 1. The summed E-state index contributed by atoms with van der Waals surface area (Å²) in [6, 6.07) is 6.67. The van der Waals surface area contributed by atoms with E-state index in [9.17, 15) is 19.5 Å². The van der Waals surface area contributed by atoms with Crippen molar-refractivity contribution in [1.29, 1.82) is 0 Å². The Balaban J connectivity index is 1.48. The topological polar surface area (TPSA) is 131 Å². The van der Waals surface area contributed by atoms with Crippen LogP contribution in [0.4, 0.5) is 10.7 Å². The molecule has 11 nitrogen and oxygen atoms in total. The minimum Gasteiger partial charge on any atom is -0.476 e. The molecule has 0 bridgehead atoms. The summed E-state index contributed by atoms with van der Waals surface area (Å²) in [5.74, 6) is -1.51. The number of carboxylic acid groups (broad SMARTS) is 1. The van der Waals surface area contributed by atoms with Crippen molar-refractivity contribution >= 4 is 35.5 Å². The first-order chi connectivity index (χ1) is 17.5. The number of rotatable bonds is 3. The van der Waals surface area contributed by atoms with Gasteiger partial charge in [0.05, 0.1) is 17.9 Å². The quantitative estimate of drug-likeness (QED) is 0.550. The molecule has 0 atom stereocenters. The highest BCUT2D eigenvalue weighted by Gasteiger charge is 2.37. The van der Waals surface area contributed by atoms with Gasteiger partial charge in [-0.3, -0.25) is 9.69 Å². The van der Waals surface area contributed by atoms with Crippen LogP contribution in [0.15, 0.2) is 30.5 Å². The highest BCUT2D eigenvalue weighted by molar-refractivity contribution is 6.30. The minimum absolute atomic E-state index is 0.127. The Morgan fingerprint density at radius 2 is 1.95 bits per heavy atom. The van der Waals surface area contributed by atoms with Gasteiger partial charge in [-0.05, 0) is 57.4 Å². The molecule has 0 aliphatic carbocycles. The Hall–Kier alpha value is -3.99. The summed E-state index contributed by atoms with van der Waals surface area (Å²) < 4.78 is 6.80. The van der Waals surface area contributed by atoms with Crippen LogP contribution in [-0.2, 0) is 24.1 Å². The number of fused-ring (bicyclic) bond motifs is 2. The maximum atomic E-state index is 13.7. The van der Waals surface area contributed by atoms with E-state index in [0.717, 1.165) is 5.56 Å². The fraction of sp³-hybridized carbons (Fsp3) is 0.360. The average molecular weight is 525 g/mol. The van der Waals surface area contributed by atoms with Crippen molar-refractivity contribution in [2.24, 2.45) is 0 Å². The minimum atomic E-state index is -1.22. The molecule has 1 N–H and O–H groups in total. The lowest BCUT2D eigenvalue weighted by molar-refractivity contribution is 0.0220. The number of hydrogen-bond donors (Lipinski definition) is 1. The van der Waals surface area contributed by atoms with Gasteiger partial charge in [-0.2, -0.15) is 5.10 Å². The van der Waals surface area contributed by atoms with Crippen molar-refractivity contribution in [3.05, 3.63) is 63.7 Å². The van der Waals surface area contributed by atoms with Gasteiger partial charge in [0.2, 0.25) is 5.95 Å². The molecule has 0 saturated carbocycles. The molecular weight excluding hydrogens is 500 g/mol. The third-order valence-electron chi connectivity index (χ3n) is 6.10. The van der Waals surface area contributed by atoms with Gasteiger partial charge in [0.25, 0.3) is 5.91 Å². The SMILES string of the molecule is CC(C)(C)OC(=O)N1CCc2cnc(N3CCc4c(C(=O)O)nn(-c5cccc(Cl)c5)c4C3=O)nc2C1. The smallest absolute Gasteiger partial charge is 0.410 e. The number of carboxylic acids is 1. The van der Waals surface area contributed by atoms with Crippen molar-refractivity contribution < 1.29 is 24.2 Å². The zero-order chi connectivity index (χ0) is 26.5. The first kappa shape index (κ1) is 24.7. The second-order valence-electron chi connectivity index (χ2n) is 9.87. The third-order valence-corrected chi connectivity index (χ3v) is 6.33. The molecule has 0 saturated heterocycles. The summed E-state index contributed by atoms with van der Waals surface area (Å²) in [4.78, 5) is 50.2. The first-order valence-corrected chi connectivity index (χ1v) is 12.2. The predicted octanol–water partition coefficient (Wildman–Crippen LogP) is 3.51. The van der Waals surface area contributed by atoms with Gasteiger partial charge < -0.3 is 14.7 Å². The normalized spacial score (nSPS) is 15.3. The zero-order valence-corrected chi connectivity index (χ0v) is 21.3. The number of hydrogen-bond acceptors (Lipinski definition) is 7. The van der Waals surface area contributed by atoms with Crippen LogP contribution in [0.5, 0.6) is 0 Å². The number of anilines is 1. The second kappa shape index (κ2) is 9.15. The van der Waals surface area contributed by atoms with Gasteiger partial charge in [0, 0.05) is 29.9 Å². The maximum Gasteiger partial charge on any atom is 0.410 e. The van der Waals surface area contributed by atoms with Crippen molar-refractivity contribution in [1.82, 2.24) is 24.6 Å². The molecule has 0 unspecified atom stereocenters. The molecule has 3 aromatic rings. The van der Waals surface area contributed by atoms with E-state index < -0.39 is 23.6 Å². The van der Waals surface area contributed by atoms with Crippen LogP contribution in [0.1, 0.15) is 58.6 Å². The van der Waals surface area contributed by atoms with Crippen LogP contribution in [0.25, 0.3) is 5.69 Å². The molecule has 0 fully saturated rings. The van der Waals surface area contributed by atoms with E-state index in [2.05, 4.69) is 15.1 Å². The maximum absolute atomic E-state index is 13.7. The molecule has 37 heavy (non-hydrogen) atoms. The molecule has 2 aromatic heterocycles. The molecular formula is C25H25ClN6O5. The van der Waals surface area contributed by atoms with Gasteiger partial charge in [-0.25, -0.2) is 24.2 Å². The summed E-state index contributed by atoms with van der Waals surface area (Å²) >= 11 is 6.14. The molecule has 4 heterocycles. The number of carbonyl (C=O) groups is 3. The Labute approximate surface area is 217 Å². The number of benzene rings is 1. The predicted molar refractivity (Wildman–Crippen MR) is 133 cm³/mol. The average Bonchev–Trinajstić information content (AvgIpc) is 3.23. The molecule has 2 aliphatic heterocycles. The van der Waals surface area contributed by atoms with E-state index in [4.69, 9.17) is 16.3 Å². The molecule has 5 rings (SSSR count). The molecule has 2 amide bonds. The molecule has 12 heteroatoms. The highest BCUT2D eigenvalue weighted by Crippen LogP contribution is 2.29. The summed E-state index contributed by atoms with van der Waals surface area (Å²) in [5.41, 5.74) is 1.67. The van der Waals surface area contributed by atoms with Crippen LogP contribution in [-0.4, -0.2) is 66.4 Å². The van der Waals surface area contributed by atoms with Crippen LogP contribution in [0, 0.1) is 0 Å². The van der Waals surface area contributed by atoms with E-state index in [0.29, 0.717) is 34.9 Å². The summed E-state index contributed by atoms with van der Waals surface area (Å²) in [7, 11) is 0. The van der Waals surface area contributed by atoms with Crippen LogP contribution in [0.2, 0.25) is 5.02 Å². The van der Waals surface area contributed by atoms with Gasteiger partial charge in [0.15, 0.2) is 5.69 Å². The van der Waals surface area contributed by atoms with E-state index in [1.807, 2.05) is 20.8 Å². The summed E-state index contributed by atoms with van der Waals surface area (Å²) in [6.45, 7) is 6.32. The van der Waals surface area contributed by atoms with Gasteiger partial charge >= 0.3 is 12.1 Å². The molecule has 0 radical (unpaired) electrons. The summed E-state index contributed by atoms with van der Waals surface area (Å²) in [6.07, 6.45) is 2.07. The van der Waals surface area contributed by atoms with Crippen molar-refractivity contribution in [3.8, 4) is 5.69 Å². The number of ether oxygens (including phenoxy) is 1. The largest absolute Gasteiger partial charge is 0.476 e. The second-order valence-corrected chi connectivity index (χ2v) is 10.3. The van der Waals surface area contributed by atoms with Crippen LogP contribution in [0.3, 0.4) is 0 Å². The number of nitrogens with zero attached hydrogens (tertiary/aromatic N) is 6. The number of carbonyl (C=O) groups excluding carboxylic acids is 2.